The smallest absolute Gasteiger partial charge is 0.125 e. The molecule has 0 aromatic heterocycles. The van der Waals surface area contributed by atoms with Crippen molar-refractivity contribution < 1.29 is 4.74 Å². The number of benzene rings is 1. The van der Waals surface area contributed by atoms with Gasteiger partial charge in [-0.3, -0.25) is 0 Å². The van der Waals surface area contributed by atoms with Gasteiger partial charge in [0.25, 0.3) is 0 Å². The summed E-state index contributed by atoms with van der Waals surface area (Å²) < 4.78 is 6.97. The summed E-state index contributed by atoms with van der Waals surface area (Å²) in [6.07, 6.45) is 6.43. The molecule has 2 heterocycles. The van der Waals surface area contributed by atoms with Crippen molar-refractivity contribution in [3.05, 3.63) is 28.2 Å². The highest BCUT2D eigenvalue weighted by Crippen LogP contribution is 2.33. The van der Waals surface area contributed by atoms with Gasteiger partial charge in [-0.15, -0.1) is 0 Å². The summed E-state index contributed by atoms with van der Waals surface area (Å²) in [5, 5.41) is 3.75. The van der Waals surface area contributed by atoms with Gasteiger partial charge in [-0.1, -0.05) is 28.4 Å². The Morgan fingerprint density at radius 1 is 1.19 bits per heavy atom. The van der Waals surface area contributed by atoms with Crippen LogP contribution in [0.1, 0.15) is 43.7 Å². The van der Waals surface area contributed by atoms with E-state index in [0.717, 1.165) is 36.2 Å². The number of fused-ring (bicyclic) bond motifs is 1. The van der Waals surface area contributed by atoms with Crippen molar-refractivity contribution in [1.82, 2.24) is 10.2 Å². The van der Waals surface area contributed by atoms with Crippen molar-refractivity contribution in [1.29, 1.82) is 0 Å². The molecule has 21 heavy (non-hydrogen) atoms. The third-order valence-electron chi connectivity index (χ3n) is 4.51. The molecule has 1 N–H and O–H groups in total. The lowest BCUT2D eigenvalue weighted by atomic mass is 10.0. The maximum Gasteiger partial charge on any atom is 0.125 e. The predicted molar refractivity (Wildman–Crippen MR) is 89.9 cm³/mol. The van der Waals surface area contributed by atoms with Crippen LogP contribution in [0, 0.1) is 0 Å². The molecule has 1 unspecified atom stereocenters. The molecular weight excluding hydrogens is 328 g/mol. The second kappa shape index (κ2) is 7.61. The van der Waals surface area contributed by atoms with Crippen molar-refractivity contribution >= 4 is 15.9 Å². The third kappa shape index (κ3) is 4.21. The van der Waals surface area contributed by atoms with Crippen LogP contribution in [0.15, 0.2) is 22.7 Å². The number of nitrogens with one attached hydrogen (secondary N) is 1. The van der Waals surface area contributed by atoms with Crippen LogP contribution in [0.3, 0.4) is 0 Å². The van der Waals surface area contributed by atoms with Crippen LogP contribution in [0.2, 0.25) is 0 Å². The summed E-state index contributed by atoms with van der Waals surface area (Å²) in [4.78, 5) is 2.59. The van der Waals surface area contributed by atoms with Crippen molar-refractivity contribution in [2.24, 2.45) is 0 Å². The Morgan fingerprint density at radius 2 is 2.05 bits per heavy atom. The molecule has 1 atom stereocenters. The van der Waals surface area contributed by atoms with E-state index in [1.54, 1.807) is 0 Å². The number of hydrogen-bond acceptors (Lipinski definition) is 3. The number of ether oxygens (including phenoxy) is 1. The average Bonchev–Trinajstić information content (AvgIpc) is 2.70. The second-order valence-electron chi connectivity index (χ2n) is 6.08. The zero-order chi connectivity index (χ0) is 14.5. The van der Waals surface area contributed by atoms with Gasteiger partial charge in [0, 0.05) is 29.2 Å². The normalized spacial score (nSPS) is 23.2. The first kappa shape index (κ1) is 15.3. The quantitative estimate of drug-likeness (QED) is 0.893. The fourth-order valence-corrected chi connectivity index (χ4v) is 3.68. The van der Waals surface area contributed by atoms with Crippen LogP contribution in [-0.4, -0.2) is 37.7 Å². The van der Waals surface area contributed by atoms with Gasteiger partial charge in [0.15, 0.2) is 0 Å². The van der Waals surface area contributed by atoms with Gasteiger partial charge in [-0.25, -0.2) is 0 Å². The van der Waals surface area contributed by atoms with Gasteiger partial charge in [-0.2, -0.15) is 0 Å². The molecule has 0 spiro atoms. The van der Waals surface area contributed by atoms with Crippen LogP contribution in [0.25, 0.3) is 0 Å². The largest absolute Gasteiger partial charge is 0.493 e. The number of hydrogen-bond donors (Lipinski definition) is 1. The summed E-state index contributed by atoms with van der Waals surface area (Å²) in [7, 11) is 0. The standard InChI is InChI=1S/C17H25BrN2O/c18-14-6-7-15-16(5-4-12-21-17(15)13-14)19-8-11-20-9-2-1-3-10-20/h6-7,13,16,19H,1-5,8-12H2. The van der Waals surface area contributed by atoms with E-state index in [2.05, 4.69) is 44.3 Å². The van der Waals surface area contributed by atoms with Gasteiger partial charge < -0.3 is 15.0 Å². The molecule has 0 saturated carbocycles. The summed E-state index contributed by atoms with van der Waals surface area (Å²) in [6, 6.07) is 6.84. The molecular formula is C17H25BrN2O. The molecule has 0 radical (unpaired) electrons. The summed E-state index contributed by atoms with van der Waals surface area (Å²) >= 11 is 3.53. The average molecular weight is 353 g/mol. The molecule has 3 nitrogen and oxygen atoms in total. The number of piperidine rings is 1. The Labute approximate surface area is 136 Å². The van der Waals surface area contributed by atoms with E-state index in [1.165, 1.54) is 44.5 Å². The van der Waals surface area contributed by atoms with Crippen molar-refractivity contribution in [3.8, 4) is 5.75 Å². The van der Waals surface area contributed by atoms with E-state index in [9.17, 15) is 0 Å². The molecule has 1 saturated heterocycles. The minimum atomic E-state index is 0.431. The highest BCUT2D eigenvalue weighted by molar-refractivity contribution is 9.10. The second-order valence-corrected chi connectivity index (χ2v) is 7.00. The number of rotatable bonds is 4. The molecule has 0 amide bonds. The number of nitrogens with zero attached hydrogens (tertiary/aromatic N) is 1. The molecule has 1 fully saturated rings. The lowest BCUT2D eigenvalue weighted by Gasteiger charge is -2.27. The molecule has 1 aromatic carbocycles. The lowest BCUT2D eigenvalue weighted by Crippen LogP contribution is -2.36. The van der Waals surface area contributed by atoms with E-state index >= 15 is 0 Å². The molecule has 1 aromatic rings. The summed E-state index contributed by atoms with van der Waals surface area (Å²) in [5.41, 5.74) is 1.31. The van der Waals surface area contributed by atoms with Crippen LogP contribution in [0.4, 0.5) is 0 Å². The van der Waals surface area contributed by atoms with Crippen LogP contribution >= 0.6 is 15.9 Å². The van der Waals surface area contributed by atoms with Gasteiger partial charge in [0.05, 0.1) is 6.61 Å². The molecule has 0 aliphatic carbocycles. The minimum absolute atomic E-state index is 0.431. The van der Waals surface area contributed by atoms with Gasteiger partial charge in [-0.05, 0) is 50.9 Å². The Kier molecular flexibility index (Phi) is 5.55. The number of halogens is 1. The highest BCUT2D eigenvalue weighted by atomic mass is 79.9. The molecule has 2 aliphatic rings. The molecule has 116 valence electrons. The zero-order valence-electron chi connectivity index (χ0n) is 12.6. The lowest BCUT2D eigenvalue weighted by molar-refractivity contribution is 0.225. The van der Waals surface area contributed by atoms with Crippen LogP contribution in [-0.2, 0) is 0 Å². The van der Waals surface area contributed by atoms with Crippen molar-refractivity contribution in [2.45, 2.75) is 38.1 Å². The maximum atomic E-state index is 5.88. The molecule has 0 bridgehead atoms. The Hall–Kier alpha value is -0.580. The van der Waals surface area contributed by atoms with E-state index in [-0.39, 0.29) is 0 Å². The molecule has 2 aliphatic heterocycles. The topological polar surface area (TPSA) is 24.5 Å². The molecule has 3 rings (SSSR count). The van der Waals surface area contributed by atoms with E-state index in [1.807, 2.05) is 0 Å². The van der Waals surface area contributed by atoms with E-state index < -0.39 is 0 Å². The first-order valence-corrected chi connectivity index (χ1v) is 9.00. The van der Waals surface area contributed by atoms with E-state index in [4.69, 9.17) is 4.74 Å². The SMILES string of the molecule is Brc1ccc2c(c1)OCCCC2NCCN1CCCCC1. The summed E-state index contributed by atoms with van der Waals surface area (Å²) in [5.74, 6) is 1.04. The van der Waals surface area contributed by atoms with Gasteiger partial charge >= 0.3 is 0 Å². The first-order chi connectivity index (χ1) is 10.3. The summed E-state index contributed by atoms with van der Waals surface area (Å²) in [6.45, 7) is 5.62. The fourth-order valence-electron chi connectivity index (χ4n) is 3.34. The Balaban J connectivity index is 1.57. The van der Waals surface area contributed by atoms with Crippen LogP contribution < -0.4 is 10.1 Å². The maximum absolute atomic E-state index is 5.88. The Bertz CT molecular complexity index is 460. The minimum Gasteiger partial charge on any atom is -0.493 e. The van der Waals surface area contributed by atoms with Gasteiger partial charge in [0.1, 0.15) is 5.75 Å². The van der Waals surface area contributed by atoms with Gasteiger partial charge in [0.2, 0.25) is 0 Å². The molecule has 4 heteroatoms. The van der Waals surface area contributed by atoms with Crippen LogP contribution in [0.5, 0.6) is 5.75 Å². The highest BCUT2D eigenvalue weighted by Gasteiger charge is 2.20. The zero-order valence-corrected chi connectivity index (χ0v) is 14.2. The number of likely N-dealkylation sites (tertiary alicyclic amines) is 1. The van der Waals surface area contributed by atoms with E-state index in [0.29, 0.717) is 6.04 Å². The monoisotopic (exact) mass is 352 g/mol. The first-order valence-electron chi connectivity index (χ1n) is 8.21. The predicted octanol–water partition coefficient (Wildman–Crippen LogP) is 3.74. The van der Waals surface area contributed by atoms with Crippen molar-refractivity contribution in [3.63, 3.8) is 0 Å². The third-order valence-corrected chi connectivity index (χ3v) is 5.01. The fraction of sp³-hybridized carbons (Fsp3) is 0.647. The van der Waals surface area contributed by atoms with Crippen molar-refractivity contribution in [2.75, 3.05) is 32.8 Å². The Morgan fingerprint density at radius 3 is 2.90 bits per heavy atom.